The lowest BCUT2D eigenvalue weighted by Gasteiger charge is -2.32. The third kappa shape index (κ3) is 2.41. The van der Waals surface area contributed by atoms with Gasteiger partial charge in [0.05, 0.1) is 11.1 Å². The first-order chi connectivity index (χ1) is 11.3. The summed E-state index contributed by atoms with van der Waals surface area (Å²) in [4.78, 5) is 18.3. The van der Waals surface area contributed by atoms with Gasteiger partial charge < -0.3 is 9.88 Å². The average Bonchev–Trinajstić information content (AvgIpc) is 2.99. The number of rotatable bonds is 1. The number of benzene rings is 1. The number of fused-ring (bicyclic) bond motifs is 3. The molecule has 1 amide bonds. The first-order valence-electron chi connectivity index (χ1n) is 8.59. The molecule has 1 saturated carbocycles. The van der Waals surface area contributed by atoms with E-state index in [-0.39, 0.29) is 5.92 Å². The molecule has 1 aliphatic heterocycles. The van der Waals surface area contributed by atoms with Crippen molar-refractivity contribution in [2.24, 2.45) is 5.92 Å². The van der Waals surface area contributed by atoms with E-state index in [1.54, 1.807) is 0 Å². The van der Waals surface area contributed by atoms with Crippen LogP contribution in [0.5, 0.6) is 0 Å². The van der Waals surface area contributed by atoms with E-state index in [4.69, 9.17) is 0 Å². The molecule has 4 heteroatoms. The lowest BCUT2D eigenvalue weighted by atomic mass is 9.87. The summed E-state index contributed by atoms with van der Waals surface area (Å²) < 4.78 is 0. The third-order valence-electron chi connectivity index (χ3n) is 5.40. The monoisotopic (exact) mass is 307 g/mol. The minimum Gasteiger partial charge on any atom is -0.357 e. The standard InChI is InChI=1S/C19H21N3O/c20-11-14-7-4-8-15-16-12-22(10-9-17(16)21-18(14)15)19(23)13-5-2-1-3-6-13/h4,7-8,13,21H,1-3,5-6,9-10,12H2. The number of H-pyrrole nitrogens is 1. The first kappa shape index (κ1) is 14.3. The van der Waals surface area contributed by atoms with Crippen molar-refractivity contribution < 1.29 is 4.79 Å². The van der Waals surface area contributed by atoms with Gasteiger partial charge in [0.1, 0.15) is 6.07 Å². The van der Waals surface area contributed by atoms with Crippen molar-refractivity contribution in [2.45, 2.75) is 45.1 Å². The van der Waals surface area contributed by atoms with Gasteiger partial charge in [0, 0.05) is 42.1 Å². The number of carbonyl (C=O) groups excluding carboxylic acids is 1. The number of para-hydroxylation sites is 1. The summed E-state index contributed by atoms with van der Waals surface area (Å²) in [5.74, 6) is 0.561. The summed E-state index contributed by atoms with van der Waals surface area (Å²) >= 11 is 0. The zero-order valence-electron chi connectivity index (χ0n) is 13.3. The van der Waals surface area contributed by atoms with Crippen molar-refractivity contribution in [2.75, 3.05) is 6.54 Å². The zero-order chi connectivity index (χ0) is 15.8. The summed E-state index contributed by atoms with van der Waals surface area (Å²) in [6.07, 6.45) is 6.60. The molecule has 2 heterocycles. The van der Waals surface area contributed by atoms with Crippen molar-refractivity contribution in [1.82, 2.24) is 9.88 Å². The fourth-order valence-electron chi connectivity index (χ4n) is 4.13. The Kier molecular flexibility index (Phi) is 3.57. The van der Waals surface area contributed by atoms with Gasteiger partial charge in [-0.05, 0) is 18.9 Å². The summed E-state index contributed by atoms with van der Waals surface area (Å²) in [6, 6.07) is 8.08. The summed E-state index contributed by atoms with van der Waals surface area (Å²) in [7, 11) is 0. The van der Waals surface area contributed by atoms with Crippen molar-refractivity contribution >= 4 is 16.8 Å². The predicted octanol–water partition coefficient (Wildman–Crippen LogP) is 3.50. The van der Waals surface area contributed by atoms with E-state index in [0.29, 0.717) is 18.0 Å². The second-order valence-corrected chi connectivity index (χ2v) is 6.77. The maximum atomic E-state index is 12.8. The Morgan fingerprint density at radius 2 is 2.09 bits per heavy atom. The Labute approximate surface area is 136 Å². The van der Waals surface area contributed by atoms with Gasteiger partial charge >= 0.3 is 0 Å². The van der Waals surface area contributed by atoms with Gasteiger partial charge in [-0.25, -0.2) is 0 Å². The molecule has 0 bridgehead atoms. The molecule has 1 aliphatic carbocycles. The molecule has 0 atom stereocenters. The van der Waals surface area contributed by atoms with Gasteiger partial charge in [0.2, 0.25) is 5.91 Å². The number of carbonyl (C=O) groups is 1. The van der Waals surface area contributed by atoms with Crippen molar-refractivity contribution in [3.8, 4) is 6.07 Å². The number of hydrogen-bond acceptors (Lipinski definition) is 2. The normalized spacial score (nSPS) is 18.7. The topological polar surface area (TPSA) is 59.9 Å². The SMILES string of the molecule is N#Cc1cccc2c3c([nH]c12)CCN(C(=O)C1CCCCC1)C3. The van der Waals surface area contributed by atoms with Crippen LogP contribution in [-0.4, -0.2) is 22.3 Å². The molecule has 2 aromatic rings. The third-order valence-corrected chi connectivity index (χ3v) is 5.40. The number of nitrogens with one attached hydrogen (secondary N) is 1. The number of amides is 1. The van der Waals surface area contributed by atoms with Crippen molar-refractivity contribution in [1.29, 1.82) is 5.26 Å². The average molecular weight is 307 g/mol. The van der Waals surface area contributed by atoms with Crippen LogP contribution in [0.25, 0.3) is 10.9 Å². The van der Waals surface area contributed by atoms with E-state index in [1.807, 2.05) is 17.0 Å². The van der Waals surface area contributed by atoms with E-state index in [2.05, 4.69) is 17.1 Å². The van der Waals surface area contributed by atoms with Crippen molar-refractivity contribution in [3.05, 3.63) is 35.0 Å². The van der Waals surface area contributed by atoms with Crippen LogP contribution in [0.1, 0.15) is 48.9 Å². The minimum absolute atomic E-state index is 0.227. The second kappa shape index (κ2) is 5.73. The molecule has 1 fully saturated rings. The fourth-order valence-corrected chi connectivity index (χ4v) is 4.13. The summed E-state index contributed by atoms with van der Waals surface area (Å²) in [6.45, 7) is 1.47. The number of aromatic nitrogens is 1. The summed E-state index contributed by atoms with van der Waals surface area (Å²) in [5.41, 5.74) is 4.00. The molecule has 118 valence electrons. The Morgan fingerprint density at radius 3 is 2.87 bits per heavy atom. The van der Waals surface area contributed by atoms with Crippen LogP contribution in [0.4, 0.5) is 0 Å². The minimum atomic E-state index is 0.227. The van der Waals surface area contributed by atoms with E-state index in [9.17, 15) is 10.1 Å². The molecule has 4 rings (SSSR count). The lowest BCUT2D eigenvalue weighted by Crippen LogP contribution is -2.40. The molecule has 1 N–H and O–H groups in total. The second-order valence-electron chi connectivity index (χ2n) is 6.77. The number of hydrogen-bond donors (Lipinski definition) is 1. The highest BCUT2D eigenvalue weighted by Gasteiger charge is 2.29. The van der Waals surface area contributed by atoms with Gasteiger partial charge in [0.25, 0.3) is 0 Å². The van der Waals surface area contributed by atoms with Crippen LogP contribution in [0.15, 0.2) is 18.2 Å². The highest BCUT2D eigenvalue weighted by atomic mass is 16.2. The van der Waals surface area contributed by atoms with Crippen LogP contribution in [0.2, 0.25) is 0 Å². The first-order valence-corrected chi connectivity index (χ1v) is 8.59. The van der Waals surface area contributed by atoms with E-state index < -0.39 is 0 Å². The quantitative estimate of drug-likeness (QED) is 0.876. The Hall–Kier alpha value is -2.28. The largest absolute Gasteiger partial charge is 0.357 e. The van der Waals surface area contributed by atoms with Gasteiger partial charge in [-0.2, -0.15) is 5.26 Å². The van der Waals surface area contributed by atoms with Crippen LogP contribution in [-0.2, 0) is 17.8 Å². The molecule has 0 radical (unpaired) electrons. The van der Waals surface area contributed by atoms with Gasteiger partial charge in [0.15, 0.2) is 0 Å². The van der Waals surface area contributed by atoms with Crippen LogP contribution < -0.4 is 0 Å². The number of aromatic amines is 1. The molecule has 23 heavy (non-hydrogen) atoms. The van der Waals surface area contributed by atoms with E-state index >= 15 is 0 Å². The van der Waals surface area contributed by atoms with Gasteiger partial charge in [-0.15, -0.1) is 0 Å². The Bertz CT molecular complexity index is 793. The highest BCUT2D eigenvalue weighted by Crippen LogP contribution is 2.32. The number of nitriles is 1. The molecular formula is C19H21N3O. The number of nitrogens with zero attached hydrogens (tertiary/aromatic N) is 2. The molecule has 0 spiro atoms. The van der Waals surface area contributed by atoms with Gasteiger partial charge in [-0.3, -0.25) is 4.79 Å². The van der Waals surface area contributed by atoms with E-state index in [1.165, 1.54) is 30.5 Å². The molecule has 4 nitrogen and oxygen atoms in total. The Balaban J connectivity index is 1.64. The lowest BCUT2D eigenvalue weighted by molar-refractivity contribution is -0.137. The smallest absolute Gasteiger partial charge is 0.225 e. The highest BCUT2D eigenvalue weighted by molar-refractivity contribution is 5.90. The maximum Gasteiger partial charge on any atom is 0.225 e. The summed E-state index contributed by atoms with van der Waals surface area (Å²) in [5, 5.41) is 10.4. The molecule has 1 aromatic heterocycles. The van der Waals surface area contributed by atoms with Crippen molar-refractivity contribution in [3.63, 3.8) is 0 Å². The predicted molar refractivity (Wildman–Crippen MR) is 88.7 cm³/mol. The molecule has 1 aromatic carbocycles. The van der Waals surface area contributed by atoms with Crippen LogP contribution in [0.3, 0.4) is 0 Å². The Morgan fingerprint density at radius 1 is 1.26 bits per heavy atom. The zero-order valence-corrected chi connectivity index (χ0v) is 13.3. The maximum absolute atomic E-state index is 12.8. The van der Waals surface area contributed by atoms with Gasteiger partial charge in [-0.1, -0.05) is 31.4 Å². The molecule has 0 unspecified atom stereocenters. The molecular weight excluding hydrogens is 286 g/mol. The van der Waals surface area contributed by atoms with Crippen LogP contribution >= 0.6 is 0 Å². The van der Waals surface area contributed by atoms with Crippen LogP contribution in [0, 0.1) is 17.2 Å². The molecule has 0 saturated heterocycles. The van der Waals surface area contributed by atoms with E-state index in [0.717, 1.165) is 36.7 Å². The molecule has 2 aliphatic rings. The fraction of sp³-hybridized carbons (Fsp3) is 0.474.